The average molecular weight is 419 g/mol. The molecule has 0 amide bonds. The molecule has 3 rings (SSSR count). The monoisotopic (exact) mass is 418 g/mol. The van der Waals surface area contributed by atoms with Gasteiger partial charge in [-0.3, -0.25) is 0 Å². The Balaban J connectivity index is 1.93. The Kier molecular flexibility index (Phi) is 4.72. The number of rotatable bonds is 2. The molecule has 1 aliphatic carbocycles. The number of halogens is 2. The maximum absolute atomic E-state index is 6.14. The molecule has 116 valence electrons. The first-order chi connectivity index (χ1) is 10.0. The standard InChI is InChI=1S/C17H24ClIN2/c1-12(2)16-10-20-17(7-3-4-8-17)11-21(16)15-6-5-13(18)9-14(15)19/h5-6,9,12,16,20H,3-4,7-8,10-11H2,1-2H3. The third-order valence-electron chi connectivity index (χ3n) is 5.11. The highest BCUT2D eigenvalue weighted by atomic mass is 127. The second-order valence-electron chi connectivity index (χ2n) is 6.90. The highest BCUT2D eigenvalue weighted by Gasteiger charge is 2.42. The Morgan fingerprint density at radius 2 is 2.05 bits per heavy atom. The highest BCUT2D eigenvalue weighted by molar-refractivity contribution is 14.1. The predicted octanol–water partition coefficient (Wildman–Crippen LogP) is 4.69. The van der Waals surface area contributed by atoms with Crippen molar-refractivity contribution in [1.82, 2.24) is 5.32 Å². The molecule has 1 spiro atoms. The molecule has 2 nitrogen and oxygen atoms in total. The number of piperazine rings is 1. The summed E-state index contributed by atoms with van der Waals surface area (Å²) in [5, 5.41) is 4.71. The van der Waals surface area contributed by atoms with Gasteiger partial charge in [-0.05, 0) is 59.5 Å². The molecule has 1 atom stereocenters. The molecular weight excluding hydrogens is 395 g/mol. The number of nitrogens with one attached hydrogen (secondary N) is 1. The lowest BCUT2D eigenvalue weighted by atomic mass is 9.88. The molecule has 0 radical (unpaired) electrons. The van der Waals surface area contributed by atoms with Crippen LogP contribution in [0.3, 0.4) is 0 Å². The second kappa shape index (κ2) is 6.25. The molecule has 21 heavy (non-hydrogen) atoms. The number of benzene rings is 1. The predicted molar refractivity (Wildman–Crippen MR) is 99.3 cm³/mol. The van der Waals surface area contributed by atoms with Gasteiger partial charge in [0.1, 0.15) is 0 Å². The van der Waals surface area contributed by atoms with E-state index in [0.717, 1.165) is 18.1 Å². The first-order valence-electron chi connectivity index (χ1n) is 7.97. The average Bonchev–Trinajstić information content (AvgIpc) is 2.86. The van der Waals surface area contributed by atoms with Gasteiger partial charge in [-0.1, -0.05) is 38.3 Å². The molecule has 1 aromatic rings. The minimum absolute atomic E-state index is 0.341. The first kappa shape index (κ1) is 15.9. The highest BCUT2D eigenvalue weighted by Crippen LogP contribution is 2.38. The summed E-state index contributed by atoms with van der Waals surface area (Å²) in [7, 11) is 0. The fraction of sp³-hybridized carbons (Fsp3) is 0.647. The first-order valence-corrected chi connectivity index (χ1v) is 9.43. The second-order valence-corrected chi connectivity index (χ2v) is 8.50. The Morgan fingerprint density at radius 3 is 2.67 bits per heavy atom. The summed E-state index contributed by atoms with van der Waals surface area (Å²) in [5.41, 5.74) is 1.69. The van der Waals surface area contributed by atoms with Crippen LogP contribution in [-0.2, 0) is 0 Å². The summed E-state index contributed by atoms with van der Waals surface area (Å²) in [6, 6.07) is 6.87. The van der Waals surface area contributed by atoms with Crippen molar-refractivity contribution in [1.29, 1.82) is 0 Å². The van der Waals surface area contributed by atoms with E-state index in [9.17, 15) is 0 Å². The molecule has 1 saturated heterocycles. The van der Waals surface area contributed by atoms with Gasteiger partial charge in [-0.15, -0.1) is 0 Å². The largest absolute Gasteiger partial charge is 0.364 e. The van der Waals surface area contributed by atoms with Crippen molar-refractivity contribution in [2.24, 2.45) is 5.92 Å². The zero-order chi connectivity index (χ0) is 15.0. The van der Waals surface area contributed by atoms with Crippen LogP contribution in [0.15, 0.2) is 18.2 Å². The van der Waals surface area contributed by atoms with Gasteiger partial charge in [-0.25, -0.2) is 0 Å². The molecule has 1 N–H and O–H groups in total. The van der Waals surface area contributed by atoms with Gasteiger partial charge in [-0.2, -0.15) is 0 Å². The minimum Gasteiger partial charge on any atom is -0.364 e. The molecule has 1 saturated carbocycles. The number of hydrogen-bond donors (Lipinski definition) is 1. The number of nitrogens with zero attached hydrogens (tertiary/aromatic N) is 1. The summed E-state index contributed by atoms with van der Waals surface area (Å²) >= 11 is 8.57. The summed E-state index contributed by atoms with van der Waals surface area (Å²) in [5.74, 6) is 0.641. The lowest BCUT2D eigenvalue weighted by molar-refractivity contribution is 0.245. The summed E-state index contributed by atoms with van der Waals surface area (Å²) in [6.07, 6.45) is 5.37. The molecule has 4 heteroatoms. The SMILES string of the molecule is CC(C)C1CNC2(CCCC2)CN1c1ccc(Cl)cc1I. The van der Waals surface area contributed by atoms with E-state index in [1.165, 1.54) is 34.9 Å². The number of anilines is 1. The Morgan fingerprint density at radius 1 is 1.33 bits per heavy atom. The van der Waals surface area contributed by atoms with Crippen molar-refractivity contribution in [2.75, 3.05) is 18.0 Å². The van der Waals surface area contributed by atoms with Crippen molar-refractivity contribution in [2.45, 2.75) is 51.1 Å². The Hall–Kier alpha value is -0.000000000000000111. The molecule has 1 unspecified atom stereocenters. The van der Waals surface area contributed by atoms with Crippen LogP contribution in [0.2, 0.25) is 5.02 Å². The summed E-state index contributed by atoms with van der Waals surface area (Å²) in [4.78, 5) is 2.64. The molecule has 0 aromatic heterocycles. The van der Waals surface area contributed by atoms with Gasteiger partial charge in [0.15, 0.2) is 0 Å². The summed E-state index contributed by atoms with van der Waals surface area (Å²) < 4.78 is 1.26. The van der Waals surface area contributed by atoms with Crippen LogP contribution in [0.25, 0.3) is 0 Å². The normalized spacial score (nSPS) is 25.0. The van der Waals surface area contributed by atoms with E-state index < -0.39 is 0 Å². The van der Waals surface area contributed by atoms with E-state index in [0.29, 0.717) is 17.5 Å². The minimum atomic E-state index is 0.341. The Bertz CT molecular complexity index is 512. The van der Waals surface area contributed by atoms with Crippen LogP contribution >= 0.6 is 34.2 Å². The Labute approximate surface area is 146 Å². The third kappa shape index (κ3) is 3.20. The van der Waals surface area contributed by atoms with Crippen molar-refractivity contribution >= 4 is 39.9 Å². The van der Waals surface area contributed by atoms with Crippen molar-refractivity contribution in [3.63, 3.8) is 0 Å². The number of hydrogen-bond acceptors (Lipinski definition) is 2. The molecule has 1 aromatic carbocycles. The zero-order valence-electron chi connectivity index (χ0n) is 12.8. The molecular formula is C17H24ClIN2. The zero-order valence-corrected chi connectivity index (χ0v) is 15.7. The van der Waals surface area contributed by atoms with Crippen LogP contribution in [-0.4, -0.2) is 24.7 Å². The van der Waals surface area contributed by atoms with E-state index in [-0.39, 0.29) is 0 Å². The van der Waals surface area contributed by atoms with E-state index in [4.69, 9.17) is 11.6 Å². The van der Waals surface area contributed by atoms with Crippen LogP contribution in [0.4, 0.5) is 5.69 Å². The van der Waals surface area contributed by atoms with Crippen LogP contribution < -0.4 is 10.2 Å². The van der Waals surface area contributed by atoms with Gasteiger partial charge < -0.3 is 10.2 Å². The summed E-state index contributed by atoms with van der Waals surface area (Å²) in [6.45, 7) is 6.88. The van der Waals surface area contributed by atoms with Crippen LogP contribution in [0.5, 0.6) is 0 Å². The fourth-order valence-electron chi connectivity index (χ4n) is 3.89. The third-order valence-corrected chi connectivity index (χ3v) is 6.21. The van der Waals surface area contributed by atoms with Crippen molar-refractivity contribution < 1.29 is 0 Å². The lowest BCUT2D eigenvalue weighted by Crippen LogP contribution is -2.64. The van der Waals surface area contributed by atoms with E-state index in [1.54, 1.807) is 0 Å². The van der Waals surface area contributed by atoms with E-state index in [2.05, 4.69) is 58.8 Å². The van der Waals surface area contributed by atoms with Gasteiger partial charge in [0.25, 0.3) is 0 Å². The van der Waals surface area contributed by atoms with Gasteiger partial charge in [0.05, 0.1) is 5.69 Å². The van der Waals surface area contributed by atoms with Crippen molar-refractivity contribution in [3.8, 4) is 0 Å². The fourth-order valence-corrected chi connectivity index (χ4v) is 5.07. The topological polar surface area (TPSA) is 15.3 Å². The van der Waals surface area contributed by atoms with E-state index in [1.807, 2.05) is 6.07 Å². The molecule has 2 aliphatic rings. The maximum atomic E-state index is 6.14. The molecule has 0 bridgehead atoms. The smallest absolute Gasteiger partial charge is 0.0506 e. The lowest BCUT2D eigenvalue weighted by Gasteiger charge is -2.49. The maximum Gasteiger partial charge on any atom is 0.0506 e. The van der Waals surface area contributed by atoms with Gasteiger partial charge in [0.2, 0.25) is 0 Å². The van der Waals surface area contributed by atoms with Gasteiger partial charge >= 0.3 is 0 Å². The quantitative estimate of drug-likeness (QED) is 0.701. The van der Waals surface area contributed by atoms with Gasteiger partial charge in [0, 0.05) is 33.3 Å². The van der Waals surface area contributed by atoms with Crippen molar-refractivity contribution in [3.05, 3.63) is 26.8 Å². The van der Waals surface area contributed by atoms with Crippen LogP contribution in [0, 0.1) is 9.49 Å². The molecule has 2 fully saturated rings. The van der Waals surface area contributed by atoms with E-state index >= 15 is 0 Å². The molecule has 1 aliphatic heterocycles. The molecule has 1 heterocycles. The van der Waals surface area contributed by atoms with Crippen LogP contribution in [0.1, 0.15) is 39.5 Å².